The highest BCUT2D eigenvalue weighted by Crippen LogP contribution is 2.23. The van der Waals surface area contributed by atoms with Crippen LogP contribution in [0.4, 0.5) is 5.69 Å². The minimum atomic E-state index is -0.187. The zero-order valence-electron chi connectivity index (χ0n) is 14.3. The van der Waals surface area contributed by atoms with Crippen molar-refractivity contribution in [2.24, 2.45) is 0 Å². The molecule has 0 saturated heterocycles. The fraction of sp³-hybridized carbons (Fsp3) is 0.0455. The number of anilines is 1. The second-order valence-electron chi connectivity index (χ2n) is 6.03. The summed E-state index contributed by atoms with van der Waals surface area (Å²) in [7, 11) is 0. The number of benzene rings is 2. The van der Waals surface area contributed by atoms with Crippen molar-refractivity contribution in [1.82, 2.24) is 9.97 Å². The number of fused-ring (bicyclic) bond motifs is 1. The van der Waals surface area contributed by atoms with Crippen LogP contribution in [0.1, 0.15) is 16.1 Å². The Balaban J connectivity index is 1.64. The highest BCUT2D eigenvalue weighted by molar-refractivity contribution is 6.08. The average Bonchev–Trinajstić information content (AvgIpc) is 2.69. The molecule has 0 saturated carbocycles. The monoisotopic (exact) mass is 339 g/mol. The van der Waals surface area contributed by atoms with Crippen LogP contribution in [0, 0.1) is 6.92 Å². The van der Waals surface area contributed by atoms with Crippen LogP contribution in [-0.4, -0.2) is 15.9 Å². The third-order valence-corrected chi connectivity index (χ3v) is 4.28. The van der Waals surface area contributed by atoms with Crippen LogP contribution in [0.25, 0.3) is 22.2 Å². The number of nitrogens with zero attached hydrogens (tertiary/aromatic N) is 2. The Labute approximate surface area is 151 Å². The highest BCUT2D eigenvalue weighted by Gasteiger charge is 2.13. The summed E-state index contributed by atoms with van der Waals surface area (Å²) in [6, 6.07) is 23.2. The lowest BCUT2D eigenvalue weighted by atomic mass is 10.1. The molecule has 1 amide bonds. The van der Waals surface area contributed by atoms with Gasteiger partial charge in [-0.3, -0.25) is 14.8 Å². The Morgan fingerprint density at radius 3 is 2.50 bits per heavy atom. The van der Waals surface area contributed by atoms with E-state index in [0.717, 1.165) is 22.2 Å². The van der Waals surface area contributed by atoms with Gasteiger partial charge in [0.1, 0.15) is 0 Å². The number of aryl methyl sites for hydroxylation is 1. The number of carbonyl (C=O) groups excluding carboxylic acids is 1. The normalized spacial score (nSPS) is 10.7. The van der Waals surface area contributed by atoms with Crippen LogP contribution in [0.2, 0.25) is 0 Å². The molecule has 126 valence electrons. The second kappa shape index (κ2) is 6.76. The van der Waals surface area contributed by atoms with Gasteiger partial charge in [-0.05, 0) is 31.2 Å². The van der Waals surface area contributed by atoms with Gasteiger partial charge in [-0.2, -0.15) is 0 Å². The van der Waals surface area contributed by atoms with Gasteiger partial charge in [0, 0.05) is 17.1 Å². The van der Waals surface area contributed by atoms with E-state index in [1.807, 2.05) is 79.7 Å². The third kappa shape index (κ3) is 3.05. The van der Waals surface area contributed by atoms with E-state index in [-0.39, 0.29) is 5.91 Å². The SMILES string of the molecule is Cc1nc(-c2ccccc2)ccc1C(=O)Nc1cccc2cccnc12. The predicted octanol–water partition coefficient (Wildman–Crippen LogP) is 4.86. The summed E-state index contributed by atoms with van der Waals surface area (Å²) < 4.78 is 0. The molecule has 2 heterocycles. The summed E-state index contributed by atoms with van der Waals surface area (Å²) >= 11 is 0. The van der Waals surface area contributed by atoms with Gasteiger partial charge in [0.25, 0.3) is 5.91 Å². The van der Waals surface area contributed by atoms with E-state index in [1.165, 1.54) is 0 Å². The van der Waals surface area contributed by atoms with Crippen molar-refractivity contribution >= 4 is 22.5 Å². The van der Waals surface area contributed by atoms with Crippen LogP contribution >= 0.6 is 0 Å². The summed E-state index contributed by atoms with van der Waals surface area (Å²) in [6.45, 7) is 1.85. The highest BCUT2D eigenvalue weighted by atomic mass is 16.1. The summed E-state index contributed by atoms with van der Waals surface area (Å²) in [6.07, 6.45) is 1.72. The molecule has 0 bridgehead atoms. The molecule has 4 rings (SSSR count). The van der Waals surface area contributed by atoms with E-state index in [1.54, 1.807) is 6.20 Å². The molecule has 0 spiro atoms. The molecule has 1 N–H and O–H groups in total. The first-order valence-electron chi connectivity index (χ1n) is 8.40. The van der Waals surface area contributed by atoms with Crippen molar-refractivity contribution in [2.75, 3.05) is 5.32 Å². The third-order valence-electron chi connectivity index (χ3n) is 4.28. The van der Waals surface area contributed by atoms with Crippen molar-refractivity contribution < 1.29 is 4.79 Å². The molecule has 0 aliphatic rings. The molecule has 0 aliphatic heterocycles. The number of rotatable bonds is 3. The molecular weight excluding hydrogens is 322 g/mol. The van der Waals surface area contributed by atoms with Gasteiger partial charge in [-0.25, -0.2) is 0 Å². The molecular formula is C22H17N3O. The fourth-order valence-corrected chi connectivity index (χ4v) is 2.97. The maximum atomic E-state index is 12.7. The summed E-state index contributed by atoms with van der Waals surface area (Å²) in [4.78, 5) is 21.7. The number of pyridine rings is 2. The second-order valence-corrected chi connectivity index (χ2v) is 6.03. The number of hydrogen-bond donors (Lipinski definition) is 1. The number of amides is 1. The van der Waals surface area contributed by atoms with Crippen LogP contribution in [0.5, 0.6) is 0 Å². The lowest BCUT2D eigenvalue weighted by Gasteiger charge is -2.10. The smallest absolute Gasteiger partial charge is 0.257 e. The van der Waals surface area contributed by atoms with E-state index in [2.05, 4.69) is 15.3 Å². The Morgan fingerprint density at radius 1 is 0.885 bits per heavy atom. The number of nitrogens with one attached hydrogen (secondary N) is 1. The van der Waals surface area contributed by atoms with Gasteiger partial charge in [0.15, 0.2) is 0 Å². The van der Waals surface area contributed by atoms with Crippen LogP contribution in [-0.2, 0) is 0 Å². The standard InChI is InChI=1S/C22H17N3O/c1-15-18(12-13-19(24-15)16-7-3-2-4-8-16)22(26)25-20-11-5-9-17-10-6-14-23-21(17)20/h2-14H,1H3,(H,25,26). The Kier molecular flexibility index (Phi) is 4.15. The summed E-state index contributed by atoms with van der Waals surface area (Å²) in [5.74, 6) is -0.187. The predicted molar refractivity (Wildman–Crippen MR) is 104 cm³/mol. The first-order valence-corrected chi connectivity index (χ1v) is 8.40. The molecule has 0 atom stereocenters. The van der Waals surface area contributed by atoms with Gasteiger partial charge in [0.2, 0.25) is 0 Å². The maximum Gasteiger partial charge on any atom is 0.257 e. The lowest BCUT2D eigenvalue weighted by Crippen LogP contribution is -2.14. The van der Waals surface area contributed by atoms with Crippen molar-refractivity contribution in [1.29, 1.82) is 0 Å². The number of hydrogen-bond acceptors (Lipinski definition) is 3. The first kappa shape index (κ1) is 16.0. The van der Waals surface area contributed by atoms with E-state index in [9.17, 15) is 4.79 Å². The molecule has 0 aliphatic carbocycles. The summed E-state index contributed by atoms with van der Waals surface area (Å²) in [5.41, 5.74) is 4.59. The minimum Gasteiger partial charge on any atom is -0.320 e. The molecule has 4 nitrogen and oxygen atoms in total. The molecule has 4 heteroatoms. The number of para-hydroxylation sites is 1. The number of aromatic nitrogens is 2. The minimum absolute atomic E-state index is 0.187. The zero-order chi connectivity index (χ0) is 17.9. The Morgan fingerprint density at radius 2 is 1.69 bits per heavy atom. The van der Waals surface area contributed by atoms with E-state index >= 15 is 0 Å². The van der Waals surface area contributed by atoms with Gasteiger partial charge in [0.05, 0.1) is 28.2 Å². The van der Waals surface area contributed by atoms with E-state index in [4.69, 9.17) is 0 Å². The summed E-state index contributed by atoms with van der Waals surface area (Å²) in [5, 5.41) is 3.95. The molecule has 4 aromatic rings. The molecule has 2 aromatic carbocycles. The quantitative estimate of drug-likeness (QED) is 0.580. The maximum absolute atomic E-state index is 12.7. The van der Waals surface area contributed by atoms with Crippen LogP contribution in [0.3, 0.4) is 0 Å². The van der Waals surface area contributed by atoms with Gasteiger partial charge < -0.3 is 5.32 Å². The van der Waals surface area contributed by atoms with Crippen LogP contribution < -0.4 is 5.32 Å². The van der Waals surface area contributed by atoms with Gasteiger partial charge in [-0.1, -0.05) is 48.5 Å². The average molecular weight is 339 g/mol. The molecule has 26 heavy (non-hydrogen) atoms. The first-order chi connectivity index (χ1) is 12.7. The number of carbonyl (C=O) groups is 1. The Bertz CT molecular complexity index is 1090. The topological polar surface area (TPSA) is 54.9 Å². The van der Waals surface area contributed by atoms with Crippen molar-refractivity contribution in [3.63, 3.8) is 0 Å². The molecule has 0 unspecified atom stereocenters. The van der Waals surface area contributed by atoms with E-state index < -0.39 is 0 Å². The molecule has 0 radical (unpaired) electrons. The lowest BCUT2D eigenvalue weighted by molar-refractivity contribution is 0.102. The largest absolute Gasteiger partial charge is 0.320 e. The van der Waals surface area contributed by atoms with Gasteiger partial charge in [-0.15, -0.1) is 0 Å². The van der Waals surface area contributed by atoms with Crippen molar-refractivity contribution in [3.05, 3.63) is 90.3 Å². The van der Waals surface area contributed by atoms with E-state index in [0.29, 0.717) is 16.9 Å². The van der Waals surface area contributed by atoms with Crippen LogP contribution in [0.15, 0.2) is 79.0 Å². The van der Waals surface area contributed by atoms with Gasteiger partial charge >= 0.3 is 0 Å². The van der Waals surface area contributed by atoms with Crippen molar-refractivity contribution in [3.8, 4) is 11.3 Å². The molecule has 0 fully saturated rings. The van der Waals surface area contributed by atoms with Crippen molar-refractivity contribution in [2.45, 2.75) is 6.92 Å². The Hall–Kier alpha value is -3.53. The fourth-order valence-electron chi connectivity index (χ4n) is 2.97. The zero-order valence-corrected chi connectivity index (χ0v) is 14.3. The molecule has 2 aromatic heterocycles.